The van der Waals surface area contributed by atoms with Gasteiger partial charge in [-0.1, -0.05) is 188 Å². The molecule has 0 saturated carbocycles. The first kappa shape index (κ1) is 35.0. The molecular weight excluding hydrogens is 737 g/mol. The van der Waals surface area contributed by atoms with E-state index in [0.717, 1.165) is 22.7 Å². The van der Waals surface area contributed by atoms with Crippen LogP contribution in [0.3, 0.4) is 0 Å². The molecule has 10 aromatic carbocycles. The minimum atomic E-state index is -0.444. The first-order chi connectivity index (χ1) is 30.3. The summed E-state index contributed by atoms with van der Waals surface area (Å²) in [6.45, 7) is 0. The Labute approximate surface area is 355 Å². The van der Waals surface area contributed by atoms with Crippen molar-refractivity contribution in [1.82, 2.24) is 4.57 Å². The van der Waals surface area contributed by atoms with Crippen LogP contribution in [0.5, 0.6) is 0 Å². The highest BCUT2D eigenvalue weighted by Crippen LogP contribution is 2.58. The fourth-order valence-corrected chi connectivity index (χ4v) is 10.2. The van der Waals surface area contributed by atoms with Crippen molar-refractivity contribution in [3.8, 4) is 27.9 Å². The zero-order chi connectivity index (χ0) is 40.3. The van der Waals surface area contributed by atoms with Crippen LogP contribution in [0.2, 0.25) is 0 Å². The average Bonchev–Trinajstić information content (AvgIpc) is 3.84. The summed E-state index contributed by atoms with van der Waals surface area (Å²) in [5, 5.41) is 4.93. The summed E-state index contributed by atoms with van der Waals surface area (Å²) in [6, 6.07) is 89.0. The Hall–Kier alpha value is -7.94. The second kappa shape index (κ2) is 14.1. The van der Waals surface area contributed by atoms with E-state index in [1.165, 1.54) is 77.1 Å². The van der Waals surface area contributed by atoms with Gasteiger partial charge in [0.15, 0.2) is 0 Å². The third-order valence-electron chi connectivity index (χ3n) is 12.8. The number of hydrogen-bond acceptors (Lipinski definition) is 1. The van der Waals surface area contributed by atoms with Crippen molar-refractivity contribution < 1.29 is 0 Å². The summed E-state index contributed by atoms with van der Waals surface area (Å²) in [5.74, 6) is 0. The van der Waals surface area contributed by atoms with Crippen LogP contribution in [0.15, 0.2) is 243 Å². The lowest BCUT2D eigenvalue weighted by Gasteiger charge is -2.34. The van der Waals surface area contributed by atoms with Crippen molar-refractivity contribution in [2.75, 3.05) is 4.90 Å². The molecule has 1 aromatic heterocycles. The minimum Gasteiger partial charge on any atom is -0.310 e. The van der Waals surface area contributed by atoms with Gasteiger partial charge in [0.25, 0.3) is 0 Å². The first-order valence-electron chi connectivity index (χ1n) is 21.1. The number of benzene rings is 10. The molecule has 1 aliphatic rings. The van der Waals surface area contributed by atoms with Crippen LogP contribution >= 0.6 is 0 Å². The molecule has 0 fully saturated rings. The summed E-state index contributed by atoms with van der Waals surface area (Å²) in [6.07, 6.45) is 0. The summed E-state index contributed by atoms with van der Waals surface area (Å²) in [5.41, 5.74) is 16.5. The van der Waals surface area contributed by atoms with E-state index < -0.39 is 5.41 Å². The molecule has 0 spiro atoms. The average molecular weight is 777 g/mol. The topological polar surface area (TPSA) is 8.17 Å². The largest absolute Gasteiger partial charge is 0.310 e. The second-order valence-corrected chi connectivity index (χ2v) is 16.1. The van der Waals surface area contributed by atoms with Crippen molar-refractivity contribution >= 4 is 49.6 Å². The fraction of sp³-hybridized carbons (Fsp3) is 0.0169. The number of fused-ring (bicyclic) bond motifs is 8. The fourth-order valence-electron chi connectivity index (χ4n) is 10.2. The lowest BCUT2D eigenvalue weighted by Crippen LogP contribution is -2.28. The van der Waals surface area contributed by atoms with Crippen LogP contribution in [0.25, 0.3) is 60.5 Å². The Bertz CT molecular complexity index is 3350. The molecule has 0 amide bonds. The molecule has 1 heterocycles. The molecule has 2 heteroatoms. The lowest BCUT2D eigenvalue weighted by molar-refractivity contribution is 0.769. The molecule has 61 heavy (non-hydrogen) atoms. The zero-order valence-electron chi connectivity index (χ0n) is 33.5. The van der Waals surface area contributed by atoms with Crippen LogP contribution < -0.4 is 4.90 Å². The predicted octanol–water partition coefficient (Wildman–Crippen LogP) is 15.4. The number of rotatable bonds is 7. The molecular formula is C59H40N2. The van der Waals surface area contributed by atoms with Crippen molar-refractivity contribution in [2.45, 2.75) is 5.41 Å². The maximum Gasteiger partial charge on any atom is 0.0713 e. The van der Waals surface area contributed by atoms with E-state index in [2.05, 4.69) is 252 Å². The molecule has 11 aromatic rings. The van der Waals surface area contributed by atoms with E-state index in [1.807, 2.05) is 0 Å². The molecule has 0 bridgehead atoms. The van der Waals surface area contributed by atoms with E-state index in [1.54, 1.807) is 0 Å². The van der Waals surface area contributed by atoms with Crippen molar-refractivity contribution in [1.29, 1.82) is 0 Å². The van der Waals surface area contributed by atoms with E-state index in [4.69, 9.17) is 0 Å². The number of aromatic nitrogens is 1. The summed E-state index contributed by atoms with van der Waals surface area (Å²) in [4.78, 5) is 2.42. The number of anilines is 3. The monoisotopic (exact) mass is 776 g/mol. The van der Waals surface area contributed by atoms with Gasteiger partial charge in [0.2, 0.25) is 0 Å². The third-order valence-corrected chi connectivity index (χ3v) is 12.8. The molecule has 2 nitrogen and oxygen atoms in total. The molecule has 1 aliphatic carbocycles. The SMILES string of the molecule is c1ccc(-c2ccc(N(c3ccc4c5c(ccc4c3)C(c3ccccc3)(c3ccccc3)c3ccccc3-5)c3ccc4c5ccccc5n(-c5ccccc5)c4c3)cc2)cc1. The standard InChI is InChI=1S/C59H40N2/c1-5-17-41(18-6-1)42-29-32-47(33-30-42)60(49-35-37-52-51-25-14-16-28-56(51)61(57(52)40-49)46-23-11-4-12-24-46)48-34-36-50-43(39-48)31-38-55-58(50)53-26-13-15-27-54(53)59(55,44-19-7-2-8-20-44)45-21-9-3-10-22-45/h1-40H. The van der Waals surface area contributed by atoms with Crippen LogP contribution in [0.4, 0.5) is 17.1 Å². The Kier molecular flexibility index (Phi) is 8.11. The highest BCUT2D eigenvalue weighted by Gasteiger charge is 2.46. The highest BCUT2D eigenvalue weighted by molar-refractivity contribution is 6.11. The normalized spacial score (nSPS) is 12.7. The Morgan fingerprint density at radius 1 is 0.344 bits per heavy atom. The van der Waals surface area contributed by atoms with Crippen LogP contribution in [-0.2, 0) is 5.41 Å². The van der Waals surface area contributed by atoms with Gasteiger partial charge in [-0.05, 0) is 110 Å². The predicted molar refractivity (Wildman–Crippen MR) is 256 cm³/mol. The molecule has 0 unspecified atom stereocenters. The molecule has 0 aliphatic heterocycles. The summed E-state index contributed by atoms with van der Waals surface area (Å²) < 4.78 is 2.40. The van der Waals surface area contributed by atoms with Gasteiger partial charge in [-0.15, -0.1) is 0 Å². The van der Waals surface area contributed by atoms with Crippen molar-refractivity contribution in [3.05, 3.63) is 265 Å². The van der Waals surface area contributed by atoms with Crippen LogP contribution in [0.1, 0.15) is 22.3 Å². The molecule has 0 atom stereocenters. The maximum absolute atomic E-state index is 2.42. The van der Waals surface area contributed by atoms with Gasteiger partial charge in [0, 0.05) is 33.5 Å². The molecule has 286 valence electrons. The molecule has 0 radical (unpaired) electrons. The summed E-state index contributed by atoms with van der Waals surface area (Å²) >= 11 is 0. The van der Waals surface area contributed by atoms with E-state index in [-0.39, 0.29) is 0 Å². The number of para-hydroxylation sites is 2. The van der Waals surface area contributed by atoms with E-state index in [0.29, 0.717) is 0 Å². The highest BCUT2D eigenvalue weighted by atomic mass is 15.1. The molecule has 0 N–H and O–H groups in total. The van der Waals surface area contributed by atoms with Gasteiger partial charge in [0.1, 0.15) is 0 Å². The van der Waals surface area contributed by atoms with Gasteiger partial charge in [0.05, 0.1) is 16.4 Å². The Balaban J connectivity index is 1.08. The lowest BCUT2D eigenvalue weighted by atomic mass is 9.67. The Morgan fingerprint density at radius 3 is 1.61 bits per heavy atom. The van der Waals surface area contributed by atoms with E-state index in [9.17, 15) is 0 Å². The van der Waals surface area contributed by atoms with Gasteiger partial charge < -0.3 is 9.47 Å². The van der Waals surface area contributed by atoms with Gasteiger partial charge in [-0.2, -0.15) is 0 Å². The summed E-state index contributed by atoms with van der Waals surface area (Å²) in [7, 11) is 0. The number of hydrogen-bond donors (Lipinski definition) is 0. The molecule has 0 saturated heterocycles. The smallest absolute Gasteiger partial charge is 0.0713 e. The molecule has 12 rings (SSSR count). The number of nitrogens with zero attached hydrogens (tertiary/aromatic N) is 2. The van der Waals surface area contributed by atoms with Gasteiger partial charge in [-0.3, -0.25) is 0 Å². The quantitative estimate of drug-likeness (QED) is 0.156. The van der Waals surface area contributed by atoms with Gasteiger partial charge >= 0.3 is 0 Å². The van der Waals surface area contributed by atoms with Crippen LogP contribution in [-0.4, -0.2) is 4.57 Å². The first-order valence-corrected chi connectivity index (χ1v) is 21.1. The third kappa shape index (κ3) is 5.43. The second-order valence-electron chi connectivity index (χ2n) is 16.1. The van der Waals surface area contributed by atoms with Crippen molar-refractivity contribution in [2.24, 2.45) is 0 Å². The van der Waals surface area contributed by atoms with Crippen molar-refractivity contribution in [3.63, 3.8) is 0 Å². The zero-order valence-corrected chi connectivity index (χ0v) is 33.5. The minimum absolute atomic E-state index is 0.444. The van der Waals surface area contributed by atoms with E-state index >= 15 is 0 Å². The van der Waals surface area contributed by atoms with Gasteiger partial charge in [-0.25, -0.2) is 0 Å². The Morgan fingerprint density at radius 2 is 0.885 bits per heavy atom. The van der Waals surface area contributed by atoms with Crippen LogP contribution in [0, 0.1) is 0 Å². The maximum atomic E-state index is 2.42.